The van der Waals surface area contributed by atoms with Crippen molar-refractivity contribution in [2.75, 3.05) is 0 Å². The first-order chi connectivity index (χ1) is 2.00. The van der Waals surface area contributed by atoms with E-state index in [9.17, 15) is 0 Å². The van der Waals surface area contributed by atoms with Gasteiger partial charge in [0.1, 0.15) is 0 Å². The fraction of sp³-hybridized carbons (Fsp3) is 0. The predicted molar refractivity (Wildman–Crippen MR) is 18.7 cm³/mol. The topological polar surface area (TPSA) is 86.2 Å². The standard InChI is InChI=1S/Fe.H3O4P.H3P/c;1-5(2,3)4;/h;(H3,1,2,3,4);1H3/q+3;;/p-3. The molecule has 0 bridgehead atoms. The van der Waals surface area contributed by atoms with Crippen LogP contribution in [0.15, 0.2) is 0 Å². The minimum absolute atomic E-state index is 0. The Bertz CT molecular complexity index is 55.8. The van der Waals surface area contributed by atoms with Gasteiger partial charge in [-0.25, -0.2) is 0 Å². The van der Waals surface area contributed by atoms with E-state index in [0.29, 0.717) is 0 Å². The van der Waals surface area contributed by atoms with Crippen molar-refractivity contribution in [2.45, 2.75) is 0 Å². The maximum Gasteiger partial charge on any atom is 3.00 e. The van der Waals surface area contributed by atoms with Crippen molar-refractivity contribution < 1.29 is 36.3 Å². The van der Waals surface area contributed by atoms with Gasteiger partial charge in [-0.15, -0.1) is 0 Å². The van der Waals surface area contributed by atoms with E-state index in [1.54, 1.807) is 0 Å². The number of hydrogen-bond acceptors (Lipinski definition) is 4. The molecule has 0 saturated heterocycles. The predicted octanol–water partition coefficient (Wildman–Crippen LogP) is -2.77. The zero-order valence-corrected chi connectivity index (χ0v) is 6.55. The summed E-state index contributed by atoms with van der Waals surface area (Å²) in [5.41, 5.74) is 0. The number of hydrogen-bond donors (Lipinski definition) is 0. The molecule has 0 aromatic rings. The van der Waals surface area contributed by atoms with Crippen molar-refractivity contribution >= 4 is 17.7 Å². The molecule has 0 aromatic heterocycles. The van der Waals surface area contributed by atoms with E-state index in [4.69, 9.17) is 19.2 Å². The van der Waals surface area contributed by atoms with Crippen LogP contribution in [-0.4, -0.2) is 0 Å². The average molecular weight is 185 g/mol. The summed E-state index contributed by atoms with van der Waals surface area (Å²) < 4.78 is 8.55. The first-order valence-corrected chi connectivity index (χ1v) is 2.19. The van der Waals surface area contributed by atoms with Crippen LogP contribution in [0.5, 0.6) is 0 Å². The zero-order chi connectivity index (χ0) is 4.50. The second kappa shape index (κ2) is 5.20. The molecule has 0 amide bonds. The second-order valence-corrected chi connectivity index (χ2v) is 1.34. The van der Waals surface area contributed by atoms with Gasteiger partial charge in [0.05, 0.1) is 0 Å². The number of rotatable bonds is 0. The molecule has 1 unspecified atom stereocenters. The Labute approximate surface area is 54.7 Å². The molecule has 4 nitrogen and oxygen atoms in total. The maximum absolute atomic E-state index is 8.55. The van der Waals surface area contributed by atoms with E-state index in [1.807, 2.05) is 0 Å². The molecule has 1 atom stereocenters. The number of phosphoric acid groups is 1. The van der Waals surface area contributed by atoms with Crippen molar-refractivity contribution in [1.82, 2.24) is 0 Å². The van der Waals surface area contributed by atoms with Gasteiger partial charge in [0.25, 0.3) is 0 Å². The summed E-state index contributed by atoms with van der Waals surface area (Å²) in [6.45, 7) is 0. The van der Waals surface area contributed by atoms with Crippen LogP contribution in [0.3, 0.4) is 0 Å². The third-order valence-corrected chi connectivity index (χ3v) is 0. The van der Waals surface area contributed by atoms with Crippen LogP contribution in [0.1, 0.15) is 0 Å². The van der Waals surface area contributed by atoms with Crippen molar-refractivity contribution in [2.24, 2.45) is 0 Å². The van der Waals surface area contributed by atoms with Gasteiger partial charge >= 0.3 is 17.1 Å². The van der Waals surface area contributed by atoms with E-state index in [2.05, 4.69) is 0 Å². The van der Waals surface area contributed by atoms with Gasteiger partial charge in [-0.1, -0.05) is 0 Å². The summed E-state index contributed by atoms with van der Waals surface area (Å²) in [7, 11) is -5.39. The molecule has 0 N–H and O–H groups in total. The molecule has 0 spiro atoms. The van der Waals surface area contributed by atoms with Gasteiger partial charge in [-0.2, -0.15) is 17.7 Å². The van der Waals surface area contributed by atoms with Gasteiger partial charge in [0.2, 0.25) is 0 Å². The molecular formula is H3FeO4P2. The minimum Gasteiger partial charge on any atom is -0.822 e. The minimum atomic E-state index is -5.39. The Morgan fingerprint density at radius 3 is 1.14 bits per heavy atom. The van der Waals surface area contributed by atoms with Crippen LogP contribution in [0.4, 0.5) is 0 Å². The van der Waals surface area contributed by atoms with Gasteiger partial charge in [-0.3, -0.25) is 0 Å². The first kappa shape index (κ1) is 15.7. The molecule has 0 rings (SSSR count). The van der Waals surface area contributed by atoms with Crippen LogP contribution in [0.2, 0.25) is 0 Å². The molecule has 0 aliphatic carbocycles. The molecule has 0 heterocycles. The summed E-state index contributed by atoms with van der Waals surface area (Å²) in [6, 6.07) is 0. The molecule has 0 aromatic carbocycles. The molecule has 1 radical (unpaired) electrons. The molecular weight excluding hydrogens is 182 g/mol. The van der Waals surface area contributed by atoms with Crippen molar-refractivity contribution in [1.29, 1.82) is 0 Å². The van der Waals surface area contributed by atoms with Crippen LogP contribution in [0, 0.1) is 0 Å². The Morgan fingerprint density at radius 2 is 1.14 bits per heavy atom. The summed E-state index contributed by atoms with van der Waals surface area (Å²) in [5.74, 6) is 0. The summed E-state index contributed by atoms with van der Waals surface area (Å²) in [6.07, 6.45) is 0. The van der Waals surface area contributed by atoms with E-state index in [0.717, 1.165) is 0 Å². The molecule has 0 fully saturated rings. The molecule has 0 aliphatic rings. The fourth-order valence-corrected chi connectivity index (χ4v) is 0. The van der Waals surface area contributed by atoms with E-state index in [-0.39, 0.29) is 27.0 Å². The average Bonchev–Trinajstić information content (AvgIpc) is 0.722. The summed E-state index contributed by atoms with van der Waals surface area (Å²) in [4.78, 5) is 25.6. The quantitative estimate of drug-likeness (QED) is 0.302. The normalized spacial score (nSPS) is 8.43. The first-order valence-electron chi connectivity index (χ1n) is 0.730. The summed E-state index contributed by atoms with van der Waals surface area (Å²) >= 11 is 0. The summed E-state index contributed by atoms with van der Waals surface area (Å²) in [5, 5.41) is 0. The fourth-order valence-electron chi connectivity index (χ4n) is 0. The van der Waals surface area contributed by atoms with Gasteiger partial charge in [-0.05, 0) is 0 Å². The van der Waals surface area contributed by atoms with Crippen LogP contribution < -0.4 is 14.7 Å². The molecule has 0 aliphatic heterocycles. The third kappa shape index (κ3) is 161. The smallest absolute Gasteiger partial charge is 0.822 e. The monoisotopic (exact) mass is 185 g/mol. The van der Waals surface area contributed by atoms with Crippen molar-refractivity contribution in [3.05, 3.63) is 0 Å². The van der Waals surface area contributed by atoms with E-state index >= 15 is 0 Å². The molecule has 7 heteroatoms. The Morgan fingerprint density at radius 1 is 1.14 bits per heavy atom. The van der Waals surface area contributed by atoms with E-state index < -0.39 is 7.82 Å². The molecule has 7 heavy (non-hydrogen) atoms. The largest absolute Gasteiger partial charge is 3.00 e. The van der Waals surface area contributed by atoms with Gasteiger partial charge in [0, 0.05) is 0 Å². The Balaban J connectivity index is -0.0000000800. The molecule has 45 valence electrons. The Kier molecular flexibility index (Phi) is 11.7. The Hall–Kier alpha value is 1.06. The maximum atomic E-state index is 8.55. The van der Waals surface area contributed by atoms with Crippen LogP contribution in [0.25, 0.3) is 0 Å². The van der Waals surface area contributed by atoms with Crippen LogP contribution >= 0.6 is 17.7 Å². The SMILES string of the molecule is O=P([O-])([O-])[O-].P.[Fe+3]. The zero-order valence-electron chi connectivity index (χ0n) is 3.14. The third-order valence-electron chi connectivity index (χ3n) is 0. The van der Waals surface area contributed by atoms with E-state index in [1.165, 1.54) is 0 Å². The molecule has 0 saturated carbocycles. The van der Waals surface area contributed by atoms with Crippen LogP contribution in [-0.2, 0) is 21.6 Å². The van der Waals surface area contributed by atoms with Crippen molar-refractivity contribution in [3.63, 3.8) is 0 Å². The second-order valence-electron chi connectivity index (χ2n) is 0.447. The van der Waals surface area contributed by atoms with Gasteiger partial charge < -0.3 is 19.2 Å². The van der Waals surface area contributed by atoms with Crippen molar-refractivity contribution in [3.8, 4) is 0 Å². The van der Waals surface area contributed by atoms with Gasteiger partial charge in [0.15, 0.2) is 0 Å².